The van der Waals surface area contributed by atoms with Gasteiger partial charge in [0.05, 0.1) is 6.04 Å². The van der Waals surface area contributed by atoms with E-state index < -0.39 is 0 Å². The Morgan fingerprint density at radius 3 is 2.79 bits per heavy atom. The summed E-state index contributed by atoms with van der Waals surface area (Å²) in [6, 6.07) is -0.196. The number of ether oxygens (including phenoxy) is 1. The van der Waals surface area contributed by atoms with Crippen molar-refractivity contribution in [2.45, 2.75) is 33.4 Å². The van der Waals surface area contributed by atoms with Gasteiger partial charge in [-0.1, -0.05) is 19.0 Å². The average Bonchev–Trinajstić information content (AvgIpc) is 2.61. The molecule has 0 radical (unpaired) electrons. The lowest BCUT2D eigenvalue weighted by molar-refractivity contribution is 0.126. The van der Waals surface area contributed by atoms with Crippen LogP contribution in [0.3, 0.4) is 0 Å². The van der Waals surface area contributed by atoms with Crippen molar-refractivity contribution in [1.29, 1.82) is 0 Å². The molecule has 2 N–H and O–H groups in total. The van der Waals surface area contributed by atoms with Gasteiger partial charge in [0.2, 0.25) is 5.89 Å². The van der Waals surface area contributed by atoms with Crippen LogP contribution in [0.25, 0.3) is 0 Å². The Morgan fingerprint density at radius 1 is 1.50 bits per heavy atom. The fourth-order valence-corrected chi connectivity index (χ4v) is 0.940. The predicted molar refractivity (Wildman–Crippen MR) is 51.4 cm³/mol. The van der Waals surface area contributed by atoms with E-state index in [0.29, 0.717) is 24.9 Å². The Morgan fingerprint density at radius 2 is 2.21 bits per heavy atom. The summed E-state index contributed by atoms with van der Waals surface area (Å²) in [5.74, 6) is 1.32. The number of hydrogen-bond donors (Lipinski definition) is 1. The van der Waals surface area contributed by atoms with Crippen molar-refractivity contribution < 1.29 is 9.26 Å². The molecule has 0 spiro atoms. The highest BCUT2D eigenvalue weighted by Gasteiger charge is 2.17. The van der Waals surface area contributed by atoms with Crippen molar-refractivity contribution in [2.24, 2.45) is 11.7 Å². The van der Waals surface area contributed by atoms with Gasteiger partial charge in [0, 0.05) is 6.61 Å². The molecule has 0 bridgehead atoms. The van der Waals surface area contributed by atoms with Crippen molar-refractivity contribution in [2.75, 3.05) is 6.61 Å². The largest absolute Gasteiger partial charge is 0.374 e. The Hall–Kier alpha value is -0.940. The molecule has 5 heteroatoms. The first-order valence-corrected chi connectivity index (χ1v) is 4.81. The number of hydrogen-bond acceptors (Lipinski definition) is 5. The van der Waals surface area contributed by atoms with E-state index in [0.717, 1.165) is 0 Å². The van der Waals surface area contributed by atoms with Crippen LogP contribution in [0.1, 0.15) is 38.5 Å². The summed E-state index contributed by atoms with van der Waals surface area (Å²) in [6.07, 6.45) is 0. The van der Waals surface area contributed by atoms with Crippen molar-refractivity contribution in [1.82, 2.24) is 10.1 Å². The number of nitrogens with zero attached hydrogens (tertiary/aromatic N) is 2. The van der Waals surface area contributed by atoms with Crippen LogP contribution >= 0.6 is 0 Å². The summed E-state index contributed by atoms with van der Waals surface area (Å²) < 4.78 is 10.2. The number of rotatable bonds is 5. The minimum absolute atomic E-state index is 0.196. The highest BCUT2D eigenvalue weighted by Crippen LogP contribution is 2.16. The van der Waals surface area contributed by atoms with E-state index in [2.05, 4.69) is 10.1 Å². The van der Waals surface area contributed by atoms with Gasteiger partial charge >= 0.3 is 0 Å². The Bertz CT molecular complexity index is 273. The van der Waals surface area contributed by atoms with Crippen LogP contribution in [0.5, 0.6) is 0 Å². The van der Waals surface area contributed by atoms with Crippen LogP contribution in [-0.4, -0.2) is 16.7 Å². The van der Waals surface area contributed by atoms with Gasteiger partial charge in [-0.05, 0) is 12.8 Å². The Kier molecular flexibility index (Phi) is 4.03. The maximum Gasteiger partial charge on any atom is 0.243 e. The topological polar surface area (TPSA) is 74.2 Å². The maximum absolute atomic E-state index is 5.84. The third-order valence-electron chi connectivity index (χ3n) is 1.92. The van der Waals surface area contributed by atoms with E-state index in [1.807, 2.05) is 20.8 Å². The molecule has 0 aliphatic carbocycles. The second-order valence-electron chi connectivity index (χ2n) is 3.46. The summed E-state index contributed by atoms with van der Waals surface area (Å²) in [7, 11) is 0. The Labute approximate surface area is 83.6 Å². The van der Waals surface area contributed by atoms with Crippen LogP contribution in [-0.2, 0) is 11.3 Å². The van der Waals surface area contributed by atoms with Gasteiger partial charge in [-0.2, -0.15) is 4.98 Å². The standard InChI is InChI=1S/C9H17N3O2/c1-4-13-5-7-11-9(14-12-7)8(10)6(2)3/h6,8H,4-5,10H2,1-3H3. The minimum atomic E-state index is -0.196. The lowest BCUT2D eigenvalue weighted by atomic mass is 10.1. The molecule has 14 heavy (non-hydrogen) atoms. The molecule has 1 heterocycles. The highest BCUT2D eigenvalue weighted by molar-refractivity contribution is 4.91. The van der Waals surface area contributed by atoms with E-state index in [-0.39, 0.29) is 12.0 Å². The van der Waals surface area contributed by atoms with Gasteiger partial charge < -0.3 is 15.0 Å². The molecule has 0 saturated heterocycles. The summed E-state index contributed by atoms with van der Waals surface area (Å²) in [6.45, 7) is 6.96. The molecular weight excluding hydrogens is 182 g/mol. The fraction of sp³-hybridized carbons (Fsp3) is 0.778. The van der Waals surface area contributed by atoms with Crippen LogP contribution in [0, 0.1) is 5.92 Å². The molecule has 80 valence electrons. The third kappa shape index (κ3) is 2.78. The smallest absolute Gasteiger partial charge is 0.243 e. The average molecular weight is 199 g/mol. The van der Waals surface area contributed by atoms with E-state index in [4.69, 9.17) is 15.0 Å². The Balaban J connectivity index is 2.58. The van der Waals surface area contributed by atoms with Gasteiger partial charge in [-0.25, -0.2) is 0 Å². The molecule has 1 atom stereocenters. The summed E-state index contributed by atoms with van der Waals surface area (Å²) in [4.78, 5) is 4.14. The lowest BCUT2D eigenvalue weighted by Gasteiger charge is -2.09. The zero-order chi connectivity index (χ0) is 10.6. The van der Waals surface area contributed by atoms with Crippen molar-refractivity contribution in [3.05, 3.63) is 11.7 Å². The molecule has 0 aliphatic heterocycles. The highest BCUT2D eigenvalue weighted by atomic mass is 16.5. The van der Waals surface area contributed by atoms with Crippen molar-refractivity contribution in [3.8, 4) is 0 Å². The number of aromatic nitrogens is 2. The van der Waals surface area contributed by atoms with Gasteiger partial charge in [-0.15, -0.1) is 0 Å². The lowest BCUT2D eigenvalue weighted by Crippen LogP contribution is -2.17. The molecule has 1 aromatic heterocycles. The first-order valence-electron chi connectivity index (χ1n) is 4.81. The molecule has 5 nitrogen and oxygen atoms in total. The monoisotopic (exact) mass is 199 g/mol. The van der Waals surface area contributed by atoms with Gasteiger partial charge in [0.15, 0.2) is 5.82 Å². The van der Waals surface area contributed by atoms with Crippen LogP contribution in [0.4, 0.5) is 0 Å². The second kappa shape index (κ2) is 5.07. The molecule has 1 unspecified atom stereocenters. The molecule has 0 fully saturated rings. The van der Waals surface area contributed by atoms with E-state index in [1.54, 1.807) is 0 Å². The molecule has 0 amide bonds. The summed E-state index contributed by atoms with van der Waals surface area (Å²) >= 11 is 0. The normalized spacial score (nSPS) is 13.5. The SMILES string of the molecule is CCOCc1noc(C(N)C(C)C)n1. The van der Waals surface area contributed by atoms with Gasteiger partial charge in [0.1, 0.15) is 6.61 Å². The molecule has 0 aliphatic rings. The van der Waals surface area contributed by atoms with Crippen molar-refractivity contribution >= 4 is 0 Å². The van der Waals surface area contributed by atoms with Gasteiger partial charge in [0.25, 0.3) is 0 Å². The first-order chi connectivity index (χ1) is 6.65. The van der Waals surface area contributed by atoms with E-state index >= 15 is 0 Å². The zero-order valence-corrected chi connectivity index (χ0v) is 8.86. The fourth-order valence-electron chi connectivity index (χ4n) is 0.940. The first kappa shape index (κ1) is 11.1. The van der Waals surface area contributed by atoms with Crippen LogP contribution in [0.2, 0.25) is 0 Å². The summed E-state index contributed by atoms with van der Waals surface area (Å²) in [5, 5.41) is 3.77. The van der Waals surface area contributed by atoms with Crippen LogP contribution < -0.4 is 5.73 Å². The third-order valence-corrected chi connectivity index (χ3v) is 1.92. The van der Waals surface area contributed by atoms with Crippen molar-refractivity contribution in [3.63, 3.8) is 0 Å². The molecule has 1 rings (SSSR count). The molecule has 1 aromatic rings. The minimum Gasteiger partial charge on any atom is -0.374 e. The quantitative estimate of drug-likeness (QED) is 0.772. The van der Waals surface area contributed by atoms with Crippen LogP contribution in [0.15, 0.2) is 4.52 Å². The second-order valence-corrected chi connectivity index (χ2v) is 3.46. The molecular formula is C9H17N3O2. The van der Waals surface area contributed by atoms with E-state index in [9.17, 15) is 0 Å². The number of nitrogens with two attached hydrogens (primary N) is 1. The predicted octanol–water partition coefficient (Wildman–Crippen LogP) is 1.26. The molecule has 0 aromatic carbocycles. The molecule has 0 saturated carbocycles. The zero-order valence-electron chi connectivity index (χ0n) is 8.86. The maximum atomic E-state index is 5.84. The van der Waals surface area contributed by atoms with E-state index in [1.165, 1.54) is 0 Å². The summed E-state index contributed by atoms with van der Waals surface area (Å²) in [5.41, 5.74) is 5.84. The van der Waals surface area contributed by atoms with Gasteiger partial charge in [-0.3, -0.25) is 0 Å².